The van der Waals surface area contributed by atoms with E-state index in [0.29, 0.717) is 17.4 Å². The molecule has 0 aromatic carbocycles. The van der Waals surface area contributed by atoms with Crippen LogP contribution in [-0.4, -0.2) is 74.9 Å². The van der Waals surface area contributed by atoms with Gasteiger partial charge in [-0.15, -0.1) is 0 Å². The highest BCUT2D eigenvalue weighted by molar-refractivity contribution is 7.47. The van der Waals surface area contributed by atoms with Crippen LogP contribution in [0.2, 0.25) is 0 Å². The summed E-state index contributed by atoms with van der Waals surface area (Å²) in [6.07, 6.45) is 80.2. The van der Waals surface area contributed by atoms with Crippen LogP contribution in [0.1, 0.15) is 251 Å². The number of carbonyl (C=O) groups is 2. The topological polar surface area (TPSA) is 108 Å². The predicted molar refractivity (Wildman–Crippen MR) is 330 cm³/mol. The number of hydrogen-bond donors (Lipinski definition) is 1. The van der Waals surface area contributed by atoms with Crippen LogP contribution >= 0.6 is 7.82 Å². The summed E-state index contributed by atoms with van der Waals surface area (Å²) in [6.45, 7) is 4.32. The summed E-state index contributed by atoms with van der Waals surface area (Å²) in [5, 5.41) is 0. The summed E-state index contributed by atoms with van der Waals surface area (Å²) >= 11 is 0. The summed E-state index contributed by atoms with van der Waals surface area (Å²) in [4.78, 5) is 35.7. The zero-order chi connectivity index (χ0) is 56.3. The Morgan fingerprint density at radius 1 is 0.416 bits per heavy atom. The lowest BCUT2D eigenvalue weighted by molar-refractivity contribution is -0.870. The Kier molecular flexibility index (Phi) is 54.9. The standard InChI is InChI=1S/C67H116NO8P/c1-6-8-10-12-14-16-18-20-22-24-25-26-27-28-29-30-31-32-33-34-35-36-37-38-39-40-41-42-43-44-46-48-50-52-54-56-58-60-67(70)76-65(64-75-77(71,72)74-62-61-68(3,4)5)63-73-66(69)59-57-55-53-51-49-47-45-23-21-19-17-15-13-11-9-7-2/h8,10,14,16,20,22,25-26,28-29,31-32,34-35,37-38,40-41,65H,6-7,9,11-13,15,17-19,21,23-24,27,30,33,36,39,42-64H2,1-5H3/p+1/b10-8-,16-14-,22-20-,26-25-,29-28-,32-31-,35-34-,38-37-,41-40-. The first-order valence-electron chi connectivity index (χ1n) is 31.1. The van der Waals surface area contributed by atoms with Gasteiger partial charge in [-0.2, -0.15) is 0 Å². The first kappa shape index (κ1) is 73.7. The third-order valence-corrected chi connectivity index (χ3v) is 14.1. The number of esters is 2. The van der Waals surface area contributed by atoms with Crippen LogP contribution in [0.25, 0.3) is 0 Å². The molecule has 0 fully saturated rings. The molecule has 0 rings (SSSR count). The molecule has 0 radical (unpaired) electrons. The van der Waals surface area contributed by atoms with E-state index in [9.17, 15) is 19.0 Å². The number of nitrogens with zero attached hydrogens (tertiary/aromatic N) is 1. The molecule has 0 aromatic heterocycles. The van der Waals surface area contributed by atoms with E-state index in [4.69, 9.17) is 18.5 Å². The van der Waals surface area contributed by atoms with Crippen molar-refractivity contribution >= 4 is 19.8 Å². The monoisotopic (exact) mass is 1090 g/mol. The van der Waals surface area contributed by atoms with Crippen molar-refractivity contribution in [2.24, 2.45) is 0 Å². The highest BCUT2D eigenvalue weighted by Crippen LogP contribution is 2.43. The minimum Gasteiger partial charge on any atom is -0.462 e. The van der Waals surface area contributed by atoms with E-state index in [1.54, 1.807) is 0 Å². The van der Waals surface area contributed by atoms with Gasteiger partial charge in [-0.1, -0.05) is 264 Å². The first-order chi connectivity index (χ1) is 37.5. The molecule has 1 N–H and O–H groups in total. The van der Waals surface area contributed by atoms with Gasteiger partial charge in [-0.25, -0.2) is 4.57 Å². The summed E-state index contributed by atoms with van der Waals surface area (Å²) in [5.74, 6) is -0.802. The van der Waals surface area contributed by atoms with Crippen molar-refractivity contribution in [1.82, 2.24) is 0 Å². The highest BCUT2D eigenvalue weighted by Gasteiger charge is 2.27. The Bertz CT molecular complexity index is 1670. The second-order valence-corrected chi connectivity index (χ2v) is 23.2. The minimum absolute atomic E-state index is 0.0272. The van der Waals surface area contributed by atoms with E-state index in [-0.39, 0.29) is 32.0 Å². The number of rotatable bonds is 56. The molecule has 9 nitrogen and oxygen atoms in total. The molecule has 0 aliphatic rings. The van der Waals surface area contributed by atoms with Crippen molar-refractivity contribution in [3.05, 3.63) is 109 Å². The van der Waals surface area contributed by atoms with Gasteiger partial charge in [0.2, 0.25) is 0 Å². The lowest BCUT2D eigenvalue weighted by atomic mass is 10.0. The van der Waals surface area contributed by atoms with Gasteiger partial charge in [-0.05, 0) is 83.5 Å². The second-order valence-electron chi connectivity index (χ2n) is 21.7. The van der Waals surface area contributed by atoms with E-state index in [0.717, 1.165) is 103 Å². The predicted octanol–water partition coefficient (Wildman–Crippen LogP) is 19.8. The Balaban J connectivity index is 4.12. The Hall–Kier alpha value is -3.33. The molecular formula is C67H117NO8P+. The molecule has 0 saturated carbocycles. The molecule has 2 atom stereocenters. The summed E-state index contributed by atoms with van der Waals surface area (Å²) in [6, 6.07) is 0. The molecule has 0 aromatic rings. The average molecular weight is 1100 g/mol. The number of quaternary nitrogens is 1. The molecule has 442 valence electrons. The molecular weight excluding hydrogens is 978 g/mol. The highest BCUT2D eigenvalue weighted by atomic mass is 31.2. The quantitative estimate of drug-likeness (QED) is 0.0211. The fourth-order valence-corrected chi connectivity index (χ4v) is 9.04. The maximum Gasteiger partial charge on any atom is 0.472 e. The second kappa shape index (κ2) is 57.4. The number of phosphoric acid groups is 1. The third-order valence-electron chi connectivity index (χ3n) is 13.1. The lowest BCUT2D eigenvalue weighted by Gasteiger charge is -2.24. The molecule has 0 amide bonds. The first-order valence-corrected chi connectivity index (χ1v) is 32.6. The number of ether oxygens (including phenoxy) is 2. The van der Waals surface area contributed by atoms with Crippen LogP contribution in [0.4, 0.5) is 0 Å². The fourth-order valence-electron chi connectivity index (χ4n) is 8.30. The van der Waals surface area contributed by atoms with Gasteiger partial charge < -0.3 is 18.9 Å². The summed E-state index contributed by atoms with van der Waals surface area (Å²) < 4.78 is 34.6. The molecule has 77 heavy (non-hydrogen) atoms. The number of unbranched alkanes of at least 4 members (excludes halogenated alkanes) is 24. The lowest BCUT2D eigenvalue weighted by Crippen LogP contribution is -2.37. The Morgan fingerprint density at radius 3 is 1.10 bits per heavy atom. The van der Waals surface area contributed by atoms with Gasteiger partial charge in [0.1, 0.15) is 19.8 Å². The maximum absolute atomic E-state index is 12.8. The van der Waals surface area contributed by atoms with Crippen molar-refractivity contribution in [2.75, 3.05) is 47.5 Å². The van der Waals surface area contributed by atoms with Gasteiger partial charge in [0.15, 0.2) is 6.10 Å². The molecule has 0 aliphatic carbocycles. The number of likely N-dealkylation sites (N-methyl/N-ethyl adjacent to an activating group) is 1. The number of phosphoric ester groups is 1. The van der Waals surface area contributed by atoms with Crippen molar-refractivity contribution in [2.45, 2.75) is 258 Å². The van der Waals surface area contributed by atoms with Crippen LogP contribution in [-0.2, 0) is 32.7 Å². The van der Waals surface area contributed by atoms with Gasteiger partial charge in [-0.3, -0.25) is 18.6 Å². The Labute approximate surface area is 474 Å². The number of hydrogen-bond acceptors (Lipinski definition) is 7. The van der Waals surface area contributed by atoms with E-state index in [2.05, 4.69) is 123 Å². The largest absolute Gasteiger partial charge is 0.472 e. The molecule has 0 saturated heterocycles. The smallest absolute Gasteiger partial charge is 0.462 e. The van der Waals surface area contributed by atoms with Crippen LogP contribution in [0, 0.1) is 0 Å². The van der Waals surface area contributed by atoms with Crippen molar-refractivity contribution in [3.63, 3.8) is 0 Å². The van der Waals surface area contributed by atoms with E-state index >= 15 is 0 Å². The number of carbonyl (C=O) groups excluding carboxylic acids is 2. The molecule has 0 spiro atoms. The van der Waals surface area contributed by atoms with E-state index < -0.39 is 26.5 Å². The van der Waals surface area contributed by atoms with Crippen LogP contribution in [0.15, 0.2) is 109 Å². The SMILES string of the molecule is CC/C=C\C/C=C\C/C=C\C/C=C\C/C=C\C/C=C\C/C=C\C/C=C\C/C=C\CCCCCCCCCCCC(=O)OC(COC(=O)CCCCCCCCCCCCCCCCCC)COP(=O)(O)OCC[N+](C)(C)C. The molecule has 0 heterocycles. The zero-order valence-corrected chi connectivity index (χ0v) is 51.1. The van der Waals surface area contributed by atoms with Gasteiger partial charge >= 0.3 is 19.8 Å². The molecule has 0 aliphatic heterocycles. The zero-order valence-electron chi connectivity index (χ0n) is 50.2. The van der Waals surface area contributed by atoms with Gasteiger partial charge in [0.25, 0.3) is 0 Å². The maximum atomic E-state index is 12.8. The molecule has 2 unspecified atom stereocenters. The van der Waals surface area contributed by atoms with Crippen molar-refractivity contribution < 1.29 is 42.1 Å². The Morgan fingerprint density at radius 2 is 0.740 bits per heavy atom. The van der Waals surface area contributed by atoms with Crippen molar-refractivity contribution in [1.29, 1.82) is 0 Å². The average Bonchev–Trinajstić information content (AvgIpc) is 3.39. The minimum atomic E-state index is -4.39. The van der Waals surface area contributed by atoms with Crippen LogP contribution < -0.4 is 0 Å². The van der Waals surface area contributed by atoms with Crippen LogP contribution in [0.3, 0.4) is 0 Å². The normalized spacial score (nSPS) is 14.0. The number of allylic oxidation sites excluding steroid dienone is 18. The van der Waals surface area contributed by atoms with Gasteiger partial charge in [0.05, 0.1) is 27.7 Å². The molecule has 10 heteroatoms. The fraction of sp³-hybridized carbons (Fsp3) is 0.701. The summed E-state index contributed by atoms with van der Waals surface area (Å²) in [7, 11) is 1.47. The third kappa shape index (κ3) is 61.7. The van der Waals surface area contributed by atoms with Crippen molar-refractivity contribution in [3.8, 4) is 0 Å². The summed E-state index contributed by atoms with van der Waals surface area (Å²) in [5.41, 5.74) is 0. The van der Waals surface area contributed by atoms with Crippen LogP contribution in [0.5, 0.6) is 0 Å². The van der Waals surface area contributed by atoms with Gasteiger partial charge in [0, 0.05) is 12.8 Å². The van der Waals surface area contributed by atoms with E-state index in [1.807, 2.05) is 21.1 Å². The molecule has 0 bridgehead atoms. The van der Waals surface area contributed by atoms with E-state index in [1.165, 1.54) is 116 Å².